The van der Waals surface area contributed by atoms with Crippen LogP contribution in [0.15, 0.2) is 114 Å². The summed E-state index contributed by atoms with van der Waals surface area (Å²) in [6.07, 6.45) is 8.19. The van der Waals surface area contributed by atoms with Gasteiger partial charge in [0.2, 0.25) is 0 Å². The Morgan fingerprint density at radius 2 is 1.39 bits per heavy atom. The highest BCUT2D eigenvalue weighted by Crippen LogP contribution is 2.44. The van der Waals surface area contributed by atoms with Crippen LogP contribution in [0.3, 0.4) is 0 Å². The number of esters is 1. The summed E-state index contributed by atoms with van der Waals surface area (Å²) >= 11 is 4.02. The van der Waals surface area contributed by atoms with E-state index in [-0.39, 0.29) is 47.2 Å². The smallest absolute Gasteiger partial charge is 0.342 e. The third-order valence-electron chi connectivity index (χ3n) is 14.9. The third kappa shape index (κ3) is 20.4. The summed E-state index contributed by atoms with van der Waals surface area (Å²) in [7, 11) is -1.46. The van der Waals surface area contributed by atoms with Crippen molar-refractivity contribution < 1.29 is 51.5 Å². The van der Waals surface area contributed by atoms with Crippen LogP contribution in [0.25, 0.3) is 0 Å². The average molecular weight is 1290 g/mol. The highest BCUT2D eigenvalue weighted by molar-refractivity contribution is 14.1. The number of alkyl halides is 1. The van der Waals surface area contributed by atoms with Gasteiger partial charge in [0.1, 0.15) is 17.4 Å². The Morgan fingerprint density at radius 1 is 0.800 bits per heavy atom. The molecule has 2 aliphatic rings. The SMILES string of the molecule is CC1CCCO1.COCOc1cc(OC)c(OC)c(CSc2ccccc2)c1C(=O)OCC[Si](C)(C)C.C[C@H](/C=C\C(O[Si](C)(C)C(C)(C)C)[C@H]1OC(C)(C)O[C@H]1CCI)[C@@H](C)O[Si](c1ccccc1)(c1ccccc1)C(C)(C)C. The summed E-state index contributed by atoms with van der Waals surface area (Å²) in [6.45, 7) is 37.3. The Kier molecular flexibility index (Phi) is 27.6. The van der Waals surface area contributed by atoms with Crippen molar-refractivity contribution in [3.63, 3.8) is 0 Å². The molecule has 2 unspecified atom stereocenters. The first-order valence-electron chi connectivity index (χ1n) is 28.5. The molecule has 0 aliphatic carbocycles. The van der Waals surface area contributed by atoms with Gasteiger partial charge in [-0.05, 0) is 105 Å². The van der Waals surface area contributed by atoms with Crippen LogP contribution in [0, 0.1) is 5.92 Å². The van der Waals surface area contributed by atoms with Gasteiger partial charge in [0.05, 0.1) is 39.1 Å². The fraction of sp³-hybridized carbons (Fsp3) is 0.578. The average Bonchev–Trinajstić information content (AvgIpc) is 4.17. The van der Waals surface area contributed by atoms with Crippen LogP contribution in [0.1, 0.15) is 111 Å². The van der Waals surface area contributed by atoms with Gasteiger partial charge in [-0.25, -0.2) is 4.79 Å². The summed E-state index contributed by atoms with van der Waals surface area (Å²) in [5, 5.41) is 2.61. The van der Waals surface area contributed by atoms with Crippen molar-refractivity contribution in [3.8, 4) is 17.2 Å². The maximum Gasteiger partial charge on any atom is 0.342 e. The van der Waals surface area contributed by atoms with Crippen LogP contribution in [-0.4, -0.2) is 113 Å². The van der Waals surface area contributed by atoms with Gasteiger partial charge in [-0.2, -0.15) is 0 Å². The van der Waals surface area contributed by atoms with Gasteiger partial charge in [-0.3, -0.25) is 0 Å². The van der Waals surface area contributed by atoms with Crippen LogP contribution in [-0.2, 0) is 38.3 Å². The fourth-order valence-electron chi connectivity index (χ4n) is 9.30. The number of hydrogen-bond donors (Lipinski definition) is 0. The molecule has 0 saturated carbocycles. The monoisotopic (exact) mass is 1290 g/mol. The molecule has 2 saturated heterocycles. The Balaban J connectivity index is 0.000000324. The van der Waals surface area contributed by atoms with E-state index in [1.807, 2.05) is 44.2 Å². The summed E-state index contributed by atoms with van der Waals surface area (Å²) < 4.78 is 61.2. The van der Waals surface area contributed by atoms with Crippen molar-refractivity contribution >= 4 is 75.4 Å². The quantitative estimate of drug-likeness (QED) is 0.0127. The van der Waals surface area contributed by atoms with Crippen molar-refractivity contribution in [2.45, 2.75) is 191 Å². The van der Waals surface area contributed by atoms with Crippen molar-refractivity contribution in [2.24, 2.45) is 5.92 Å². The van der Waals surface area contributed by atoms with Crippen LogP contribution >= 0.6 is 34.4 Å². The Hall–Kier alpha value is -3.02. The summed E-state index contributed by atoms with van der Waals surface area (Å²) in [6, 6.07) is 34.3. The van der Waals surface area contributed by atoms with Crippen LogP contribution in [0.2, 0.25) is 48.9 Å². The van der Waals surface area contributed by atoms with Gasteiger partial charge in [0, 0.05) is 54.6 Å². The lowest BCUT2D eigenvalue weighted by Crippen LogP contribution is -2.67. The molecule has 2 fully saturated rings. The Bertz CT molecular complexity index is 2430. The molecule has 2 aliphatic heterocycles. The molecule has 4 aromatic carbocycles. The van der Waals surface area contributed by atoms with E-state index in [0.717, 1.165) is 28.4 Å². The molecule has 0 spiro atoms. The standard InChI is InChI=1S/C36H57IO4Si2.C23H32O6SSi.C5H10O/c1-27(23-24-32(41-42(11,12)34(3,4)5)33-31(25-26-37)38-36(9,10)39-33)28(2)40-43(35(6,7)8,29-19-15-13-16-20-29)30-21-17-14-18-22-30;1-25-16-29-19-14-20(26-2)22(27-3)18(15-30-17-10-8-7-9-11-17)21(19)23(24)28-12-13-31(4,5)6;1-5-3-2-4-6-5/h13-24,27-28,31-33H,25-26H2,1-12H3;7-11,14H,12-13,15-16H2,1-6H3;5H,2-4H2,1H3/b24-23-;;/t27-,28-,31+,32?,33+;;/m1../s1. The maximum atomic E-state index is 13.2. The lowest BCUT2D eigenvalue weighted by atomic mass is 10.0. The molecule has 446 valence electrons. The Labute approximate surface area is 504 Å². The highest BCUT2D eigenvalue weighted by atomic mass is 127. The predicted molar refractivity (Wildman–Crippen MR) is 347 cm³/mol. The highest BCUT2D eigenvalue weighted by Gasteiger charge is 2.52. The molecule has 0 radical (unpaired) electrons. The number of carbonyl (C=O) groups is 1. The van der Waals surface area contributed by atoms with Gasteiger partial charge in [0.25, 0.3) is 8.32 Å². The second-order valence-electron chi connectivity index (χ2n) is 25.1. The lowest BCUT2D eigenvalue weighted by Gasteiger charge is -2.45. The molecule has 80 heavy (non-hydrogen) atoms. The zero-order chi connectivity index (χ0) is 59.5. The second kappa shape index (κ2) is 31.8. The summed E-state index contributed by atoms with van der Waals surface area (Å²) in [4.78, 5) is 14.3. The van der Waals surface area contributed by atoms with Gasteiger partial charge in [0.15, 0.2) is 32.4 Å². The molecule has 0 aromatic heterocycles. The predicted octanol–water partition coefficient (Wildman–Crippen LogP) is 15.5. The van der Waals surface area contributed by atoms with E-state index in [2.05, 4.69) is 190 Å². The van der Waals surface area contributed by atoms with E-state index >= 15 is 0 Å². The number of benzene rings is 4. The second-order valence-corrected chi connectivity index (χ2v) is 41.8. The first kappa shape index (κ1) is 69.5. The minimum absolute atomic E-state index is 0.00403. The number of methoxy groups -OCH3 is 3. The number of rotatable bonds is 24. The van der Waals surface area contributed by atoms with Crippen LogP contribution in [0.4, 0.5) is 0 Å². The number of halogens is 1. The number of ether oxygens (including phenoxy) is 8. The molecule has 0 N–H and O–H groups in total. The molecule has 6 rings (SSSR count). The molecular formula is C64H99IO11SSi3. The molecule has 2 heterocycles. The summed E-state index contributed by atoms with van der Waals surface area (Å²) in [5.41, 5.74) is 1.01. The fourth-order valence-corrected chi connectivity index (χ4v) is 17.6. The molecular weight excluding hydrogens is 1190 g/mol. The normalized spacial score (nSPS) is 18.8. The molecule has 11 nitrogen and oxygen atoms in total. The number of carbonyl (C=O) groups excluding carboxylic acids is 1. The van der Waals surface area contributed by atoms with Crippen molar-refractivity contribution in [1.82, 2.24) is 0 Å². The molecule has 0 amide bonds. The largest absolute Gasteiger partial charge is 0.493 e. The zero-order valence-corrected chi connectivity index (χ0v) is 58.0. The van der Waals surface area contributed by atoms with Crippen molar-refractivity contribution in [2.75, 3.05) is 45.8 Å². The minimum Gasteiger partial charge on any atom is -0.493 e. The van der Waals surface area contributed by atoms with E-state index in [9.17, 15) is 4.79 Å². The number of hydrogen-bond acceptors (Lipinski definition) is 12. The molecule has 16 heteroatoms. The van der Waals surface area contributed by atoms with E-state index < -0.39 is 36.5 Å². The van der Waals surface area contributed by atoms with E-state index in [0.29, 0.717) is 46.8 Å². The zero-order valence-electron chi connectivity index (χ0n) is 52.0. The minimum atomic E-state index is -2.66. The van der Waals surface area contributed by atoms with Crippen LogP contribution in [0.5, 0.6) is 17.2 Å². The first-order valence-corrected chi connectivity index (χ1v) is 39.5. The van der Waals surface area contributed by atoms with E-state index in [4.69, 9.17) is 46.7 Å². The van der Waals surface area contributed by atoms with Crippen LogP contribution < -0.4 is 24.6 Å². The van der Waals surface area contributed by atoms with Crippen molar-refractivity contribution in [3.05, 3.63) is 120 Å². The maximum absolute atomic E-state index is 13.2. The van der Waals surface area contributed by atoms with Crippen molar-refractivity contribution in [1.29, 1.82) is 0 Å². The summed E-state index contributed by atoms with van der Waals surface area (Å²) in [5.74, 6) is 0.894. The lowest BCUT2D eigenvalue weighted by molar-refractivity contribution is -0.152. The van der Waals surface area contributed by atoms with Gasteiger partial charge in [-0.1, -0.05) is 182 Å². The Morgan fingerprint density at radius 3 is 1.85 bits per heavy atom. The van der Waals surface area contributed by atoms with Gasteiger partial charge >= 0.3 is 5.97 Å². The molecule has 4 aromatic rings. The van der Waals surface area contributed by atoms with Gasteiger partial charge in [-0.15, -0.1) is 11.8 Å². The topological polar surface area (TPSA) is 109 Å². The molecule has 6 atom stereocenters. The molecule has 0 bridgehead atoms. The van der Waals surface area contributed by atoms with E-state index in [1.54, 1.807) is 32.0 Å². The first-order chi connectivity index (χ1) is 37.5. The van der Waals surface area contributed by atoms with E-state index in [1.165, 1.54) is 30.3 Å². The third-order valence-corrected chi connectivity index (χ3v) is 27.9. The number of thioether (sulfide) groups is 1. The van der Waals surface area contributed by atoms with Gasteiger partial charge < -0.3 is 46.7 Å².